The van der Waals surface area contributed by atoms with Crippen LogP contribution in [-0.4, -0.2) is 20.2 Å². The Morgan fingerprint density at radius 1 is 0.652 bits per heavy atom. The first kappa shape index (κ1) is 18.3. The van der Waals surface area contributed by atoms with Crippen LogP contribution in [0.1, 0.15) is 24.0 Å². The van der Waals surface area contributed by atoms with Gasteiger partial charge in [0.05, 0.1) is 9.79 Å². The van der Waals surface area contributed by atoms with Crippen LogP contribution in [0.4, 0.5) is 0 Å². The molecule has 0 aliphatic carbocycles. The van der Waals surface area contributed by atoms with Crippen molar-refractivity contribution in [2.24, 2.45) is 0 Å². The number of hydrogen-bond acceptors (Lipinski definition) is 2. The zero-order chi connectivity index (χ0) is 16.7. The molecular formula is C18H20Cl2O2S. The Bertz CT molecular complexity index is 650. The van der Waals surface area contributed by atoms with Gasteiger partial charge in [0.15, 0.2) is 0 Å². The molecule has 0 fully saturated rings. The SMILES string of the molecule is O=S(=O)(c1ccc(CCCCl)cc1)c1ccc(CCCCl)cc1. The molecule has 0 aromatic heterocycles. The maximum atomic E-state index is 12.6. The van der Waals surface area contributed by atoms with Gasteiger partial charge in [-0.25, -0.2) is 8.42 Å². The van der Waals surface area contributed by atoms with E-state index in [-0.39, 0.29) is 0 Å². The number of alkyl halides is 2. The second-order valence-corrected chi connectivity index (χ2v) is 8.08. The van der Waals surface area contributed by atoms with Crippen molar-refractivity contribution in [2.75, 3.05) is 11.8 Å². The van der Waals surface area contributed by atoms with Gasteiger partial charge in [0, 0.05) is 11.8 Å². The third kappa shape index (κ3) is 4.97. The van der Waals surface area contributed by atoms with Crippen LogP contribution in [0, 0.1) is 0 Å². The summed E-state index contributed by atoms with van der Waals surface area (Å²) in [4.78, 5) is 0.640. The number of sulfone groups is 1. The second kappa shape index (κ2) is 8.72. The van der Waals surface area contributed by atoms with E-state index < -0.39 is 9.84 Å². The van der Waals surface area contributed by atoms with Gasteiger partial charge in [0.25, 0.3) is 0 Å². The smallest absolute Gasteiger partial charge is 0.206 e. The Kier molecular flexibility index (Phi) is 6.94. The molecule has 0 N–H and O–H groups in total. The lowest BCUT2D eigenvalue weighted by Gasteiger charge is -2.07. The Morgan fingerprint density at radius 2 is 1.00 bits per heavy atom. The van der Waals surface area contributed by atoms with Gasteiger partial charge in [-0.1, -0.05) is 24.3 Å². The summed E-state index contributed by atoms with van der Waals surface area (Å²) in [5, 5.41) is 0. The van der Waals surface area contributed by atoms with Crippen LogP contribution in [0.15, 0.2) is 58.3 Å². The minimum atomic E-state index is -3.47. The summed E-state index contributed by atoms with van der Waals surface area (Å²) in [5.41, 5.74) is 2.20. The van der Waals surface area contributed by atoms with Gasteiger partial charge in [-0.3, -0.25) is 0 Å². The average Bonchev–Trinajstić information content (AvgIpc) is 2.59. The highest BCUT2D eigenvalue weighted by Gasteiger charge is 2.17. The standard InChI is InChI=1S/C18H20Cl2O2S/c19-13-1-3-15-5-9-17(10-6-15)23(21,22)18-11-7-16(8-12-18)4-2-14-20/h5-12H,1-4,13-14H2. The van der Waals surface area contributed by atoms with Gasteiger partial charge in [-0.15, -0.1) is 23.2 Å². The molecule has 0 amide bonds. The van der Waals surface area contributed by atoms with Gasteiger partial charge < -0.3 is 0 Å². The number of rotatable bonds is 8. The zero-order valence-electron chi connectivity index (χ0n) is 12.8. The molecule has 2 rings (SSSR count). The fourth-order valence-electron chi connectivity index (χ4n) is 2.35. The quantitative estimate of drug-likeness (QED) is 0.621. The molecule has 0 radical (unpaired) electrons. The molecule has 0 aliphatic heterocycles. The Morgan fingerprint density at radius 3 is 1.30 bits per heavy atom. The van der Waals surface area contributed by atoms with E-state index >= 15 is 0 Å². The largest absolute Gasteiger partial charge is 0.219 e. The Balaban J connectivity index is 2.17. The molecule has 0 unspecified atom stereocenters. The fraction of sp³-hybridized carbons (Fsp3) is 0.333. The predicted molar refractivity (Wildman–Crippen MR) is 96.4 cm³/mol. The van der Waals surface area contributed by atoms with E-state index in [1.165, 1.54) is 0 Å². The molecule has 124 valence electrons. The maximum Gasteiger partial charge on any atom is 0.206 e. The molecule has 23 heavy (non-hydrogen) atoms. The topological polar surface area (TPSA) is 34.1 Å². The van der Waals surface area contributed by atoms with Crippen molar-refractivity contribution in [2.45, 2.75) is 35.5 Å². The molecule has 2 aromatic rings. The van der Waals surface area contributed by atoms with E-state index in [4.69, 9.17) is 23.2 Å². The number of hydrogen-bond donors (Lipinski definition) is 0. The van der Waals surface area contributed by atoms with Crippen molar-refractivity contribution in [1.29, 1.82) is 0 Å². The predicted octanol–water partition coefficient (Wildman–Crippen LogP) is 4.86. The van der Waals surface area contributed by atoms with Crippen molar-refractivity contribution < 1.29 is 8.42 Å². The van der Waals surface area contributed by atoms with E-state index in [9.17, 15) is 8.42 Å². The van der Waals surface area contributed by atoms with Crippen LogP contribution in [0.3, 0.4) is 0 Å². The second-order valence-electron chi connectivity index (χ2n) is 5.38. The van der Waals surface area contributed by atoms with Crippen molar-refractivity contribution in [1.82, 2.24) is 0 Å². The van der Waals surface area contributed by atoms with Gasteiger partial charge >= 0.3 is 0 Å². The van der Waals surface area contributed by atoms with Crippen LogP contribution in [0.2, 0.25) is 0 Å². The monoisotopic (exact) mass is 370 g/mol. The summed E-state index contributed by atoms with van der Waals surface area (Å²) in [6.45, 7) is 0. The third-order valence-electron chi connectivity index (χ3n) is 3.67. The van der Waals surface area contributed by atoms with Crippen LogP contribution in [0.5, 0.6) is 0 Å². The van der Waals surface area contributed by atoms with E-state index in [1.54, 1.807) is 24.3 Å². The minimum Gasteiger partial charge on any atom is -0.219 e. The highest BCUT2D eigenvalue weighted by molar-refractivity contribution is 7.91. The molecule has 0 saturated carbocycles. The summed E-state index contributed by atoms with van der Waals surface area (Å²) in [6.07, 6.45) is 3.49. The van der Waals surface area contributed by atoms with E-state index in [0.717, 1.165) is 36.8 Å². The number of halogens is 2. The highest BCUT2D eigenvalue weighted by atomic mass is 35.5. The van der Waals surface area contributed by atoms with Gasteiger partial charge in [0.2, 0.25) is 9.84 Å². The van der Waals surface area contributed by atoms with Gasteiger partial charge in [-0.05, 0) is 61.1 Å². The van der Waals surface area contributed by atoms with Crippen LogP contribution in [0.25, 0.3) is 0 Å². The zero-order valence-corrected chi connectivity index (χ0v) is 15.2. The molecule has 2 aromatic carbocycles. The summed E-state index contributed by atoms with van der Waals surface area (Å²) >= 11 is 11.4. The summed E-state index contributed by atoms with van der Waals surface area (Å²) < 4.78 is 25.3. The highest BCUT2D eigenvalue weighted by Crippen LogP contribution is 2.22. The van der Waals surface area contributed by atoms with Crippen molar-refractivity contribution >= 4 is 33.0 Å². The molecule has 0 atom stereocenters. The fourth-order valence-corrected chi connectivity index (χ4v) is 3.88. The van der Waals surface area contributed by atoms with E-state index in [1.807, 2.05) is 24.3 Å². The molecule has 0 saturated heterocycles. The van der Waals surface area contributed by atoms with Gasteiger partial charge in [0.1, 0.15) is 0 Å². The molecule has 5 heteroatoms. The van der Waals surface area contributed by atoms with Crippen molar-refractivity contribution in [3.63, 3.8) is 0 Å². The molecule has 0 bridgehead atoms. The summed E-state index contributed by atoms with van der Waals surface area (Å²) in [6, 6.07) is 14.1. The number of benzene rings is 2. The van der Waals surface area contributed by atoms with E-state index in [2.05, 4.69) is 0 Å². The number of aryl methyl sites for hydroxylation is 2. The molecule has 0 aliphatic rings. The average molecular weight is 371 g/mol. The first-order chi connectivity index (χ1) is 11.1. The molecular weight excluding hydrogens is 351 g/mol. The molecule has 0 heterocycles. The Hall–Kier alpha value is -1.03. The lowest BCUT2D eigenvalue weighted by Crippen LogP contribution is -2.02. The first-order valence-electron chi connectivity index (χ1n) is 7.63. The summed E-state index contributed by atoms with van der Waals surface area (Å²) in [7, 11) is -3.47. The van der Waals surface area contributed by atoms with Crippen LogP contribution < -0.4 is 0 Å². The maximum absolute atomic E-state index is 12.6. The van der Waals surface area contributed by atoms with Crippen LogP contribution >= 0.6 is 23.2 Å². The lowest BCUT2D eigenvalue weighted by molar-refractivity contribution is 0.596. The molecule has 0 spiro atoms. The van der Waals surface area contributed by atoms with E-state index in [0.29, 0.717) is 21.6 Å². The van der Waals surface area contributed by atoms with Gasteiger partial charge in [-0.2, -0.15) is 0 Å². The lowest BCUT2D eigenvalue weighted by atomic mass is 10.1. The first-order valence-corrected chi connectivity index (χ1v) is 10.2. The van der Waals surface area contributed by atoms with Crippen LogP contribution in [-0.2, 0) is 22.7 Å². The summed E-state index contributed by atoms with van der Waals surface area (Å²) in [5.74, 6) is 1.21. The Labute approximate surface area is 148 Å². The minimum absolute atomic E-state index is 0.320. The third-order valence-corrected chi connectivity index (χ3v) is 5.99. The van der Waals surface area contributed by atoms with Crippen molar-refractivity contribution in [3.05, 3.63) is 59.7 Å². The normalized spacial score (nSPS) is 11.6. The molecule has 2 nitrogen and oxygen atoms in total. The van der Waals surface area contributed by atoms with Crippen molar-refractivity contribution in [3.8, 4) is 0 Å².